The van der Waals surface area contributed by atoms with Gasteiger partial charge in [0, 0.05) is 37.9 Å². The lowest BCUT2D eigenvalue weighted by atomic mass is 9.77. The fraction of sp³-hybridized carbons (Fsp3) is 0.694. The third-order valence-corrected chi connectivity index (χ3v) is 19.7. The number of hydrogen-bond donors (Lipinski definition) is 1. The molecule has 4 aliphatic carbocycles. The Hall–Kier alpha value is -4.09. The first-order valence-electron chi connectivity index (χ1n) is 24.4. The maximum atomic E-state index is 15.2. The normalized spacial score (nSPS) is 31.5. The number of ether oxygens (including phenoxy) is 3. The highest BCUT2D eigenvalue weighted by molar-refractivity contribution is 7.91. The molecule has 0 unspecified atom stereocenters. The number of benzene rings is 1. The Morgan fingerprint density at radius 1 is 0.985 bits per heavy atom. The number of fused-ring (bicyclic) bond motifs is 5. The van der Waals surface area contributed by atoms with Crippen LogP contribution < -0.4 is 14.2 Å². The third kappa shape index (κ3) is 10.0. The smallest absolute Gasteiger partial charge is 0.306 e. The highest BCUT2D eigenvalue weighted by atomic mass is 32.2. The van der Waals surface area contributed by atoms with Gasteiger partial charge < -0.3 is 19.1 Å². The van der Waals surface area contributed by atoms with Crippen LogP contribution in [0, 0.1) is 29.1 Å². The van der Waals surface area contributed by atoms with E-state index in [1.807, 2.05) is 24.3 Å². The van der Waals surface area contributed by atoms with Crippen LogP contribution in [0.2, 0.25) is 0 Å². The van der Waals surface area contributed by atoms with Crippen molar-refractivity contribution >= 4 is 54.3 Å². The first-order valence-corrected chi connectivity index (χ1v) is 27.7. The number of nitrogens with zero attached hydrogens (tertiary/aromatic N) is 3. The van der Waals surface area contributed by atoms with Crippen molar-refractivity contribution in [1.29, 1.82) is 0 Å². The quantitative estimate of drug-likeness (QED) is 0.208. The molecule has 66 heavy (non-hydrogen) atoms. The van der Waals surface area contributed by atoms with Gasteiger partial charge in [0.25, 0.3) is 0 Å². The number of carbonyl (C=O) groups is 4. The number of sulfone groups is 1. The van der Waals surface area contributed by atoms with Gasteiger partial charge in [0.15, 0.2) is 15.6 Å². The van der Waals surface area contributed by atoms with Crippen LogP contribution in [-0.4, -0.2) is 122 Å². The molecule has 2 amide bonds. The van der Waals surface area contributed by atoms with Crippen LogP contribution in [0.4, 0.5) is 0 Å². The second-order valence-corrected chi connectivity index (χ2v) is 25.1. The molecule has 7 atom stereocenters. The number of carbonyl (C=O) groups excluding carboxylic acids is 4. The average molecular weight is 951 g/mol. The maximum absolute atomic E-state index is 15.2. The summed E-state index contributed by atoms with van der Waals surface area (Å²) in [5, 5.41) is 0.819. The predicted molar refractivity (Wildman–Crippen MR) is 247 cm³/mol. The van der Waals surface area contributed by atoms with Crippen molar-refractivity contribution in [1.82, 2.24) is 19.5 Å². The zero-order valence-corrected chi connectivity index (χ0v) is 39.9. The van der Waals surface area contributed by atoms with Gasteiger partial charge in [-0.1, -0.05) is 50.3 Å². The van der Waals surface area contributed by atoms with Crippen molar-refractivity contribution < 1.29 is 50.2 Å². The average Bonchev–Trinajstić information content (AvgIpc) is 4.26. The Bertz CT molecular complexity index is 2440. The number of sulfonamides is 1. The molecule has 3 aliphatic heterocycles. The number of Topliss-reactive ketones (excluding diaryl/α,β-unsaturated/α-hetero) is 1. The predicted octanol–water partition coefficient (Wildman–Crippen LogP) is 5.48. The summed E-state index contributed by atoms with van der Waals surface area (Å²) in [6.45, 7) is 7.28. The van der Waals surface area contributed by atoms with Gasteiger partial charge in [-0.15, -0.1) is 6.58 Å². The summed E-state index contributed by atoms with van der Waals surface area (Å²) in [6, 6.07) is 6.68. The Morgan fingerprint density at radius 3 is 2.41 bits per heavy atom. The number of hydrogen-bond acceptors (Lipinski definition) is 13. The molecule has 1 N–H and O–H groups in total. The Kier molecular flexibility index (Phi) is 13.4. The number of esters is 1. The van der Waals surface area contributed by atoms with Gasteiger partial charge in [0.1, 0.15) is 24.6 Å². The van der Waals surface area contributed by atoms with Gasteiger partial charge >= 0.3 is 5.97 Å². The summed E-state index contributed by atoms with van der Waals surface area (Å²) in [6.07, 6.45) is 11.1. The number of para-hydroxylation sites is 1. The first-order chi connectivity index (χ1) is 31.6. The molecule has 1 aromatic heterocycles. The molecule has 17 heteroatoms. The minimum atomic E-state index is -3.98. The molecule has 0 radical (unpaired) electrons. The Morgan fingerprint density at radius 2 is 1.70 bits per heavy atom. The molecule has 2 saturated heterocycles. The molecular formula is C49H66N4O11S2. The lowest BCUT2D eigenvalue weighted by Gasteiger charge is -2.34. The molecule has 0 spiro atoms. The van der Waals surface area contributed by atoms with Crippen LogP contribution in [0.25, 0.3) is 10.9 Å². The zero-order chi connectivity index (χ0) is 46.4. The number of nitrogens with one attached hydrogen (secondary N) is 1. The molecule has 6 fully saturated rings. The highest BCUT2D eigenvalue weighted by Gasteiger charge is 2.62. The van der Waals surface area contributed by atoms with E-state index in [4.69, 9.17) is 19.2 Å². The van der Waals surface area contributed by atoms with Crippen molar-refractivity contribution in [3.05, 3.63) is 42.5 Å². The van der Waals surface area contributed by atoms with Crippen molar-refractivity contribution in [3.63, 3.8) is 0 Å². The van der Waals surface area contributed by atoms with Gasteiger partial charge in [-0.05, 0) is 94.6 Å². The number of amides is 2. The largest absolute Gasteiger partial charge is 0.491 e. The molecule has 4 heterocycles. The van der Waals surface area contributed by atoms with Crippen LogP contribution in [0.15, 0.2) is 36.9 Å². The van der Waals surface area contributed by atoms with Crippen molar-refractivity contribution in [2.75, 3.05) is 44.3 Å². The second-order valence-electron chi connectivity index (χ2n) is 20.6. The Labute approximate surface area is 389 Å². The van der Waals surface area contributed by atoms with E-state index in [1.165, 1.54) is 0 Å². The fourth-order valence-corrected chi connectivity index (χ4v) is 13.7. The van der Waals surface area contributed by atoms with E-state index < -0.39 is 65.9 Å². The van der Waals surface area contributed by atoms with E-state index in [0.717, 1.165) is 75.2 Å². The monoisotopic (exact) mass is 950 g/mol. The van der Waals surface area contributed by atoms with Crippen LogP contribution >= 0.6 is 0 Å². The van der Waals surface area contributed by atoms with Crippen molar-refractivity contribution in [2.24, 2.45) is 29.1 Å². The second kappa shape index (κ2) is 18.8. The van der Waals surface area contributed by atoms with E-state index >= 15 is 4.79 Å². The number of rotatable bonds is 12. The number of aromatic nitrogens is 1. The standard InChI is InChI=1S/C49H66N4O11S2/c1-3-34-29-49(34,47(57)51-66(60,61)48(2)18-19-48)30-41(54)40-27-35-31-53(40)46(56)38(32-12-6-4-7-13-32)28-43(55)64-42-26-33(42)14-8-5-9-16-37-44(36-15-10-11-17-39(36)50-45(37)63-35)62-23-20-52-21-24-65(58,59)25-22-52/h3,10-11,15,17,32-35,38,40,42H,1,4-9,12-14,16,18-31H2,2H3,(H,51,57)/t33-,34-,35-,38+,40+,42-,49-/m1/s1. The van der Waals surface area contributed by atoms with E-state index in [0.29, 0.717) is 62.6 Å². The molecule has 15 nitrogen and oxygen atoms in total. The molecule has 2 aromatic rings. The van der Waals surface area contributed by atoms with Crippen LogP contribution in [0.3, 0.4) is 0 Å². The lowest BCUT2D eigenvalue weighted by molar-refractivity contribution is -0.153. The molecule has 2 bridgehead atoms. The summed E-state index contributed by atoms with van der Waals surface area (Å²) in [4.78, 5) is 66.5. The van der Waals surface area contributed by atoms with Gasteiger partial charge in [0.05, 0.1) is 57.7 Å². The molecule has 4 saturated carbocycles. The fourth-order valence-electron chi connectivity index (χ4n) is 11.1. The van der Waals surface area contributed by atoms with E-state index in [2.05, 4.69) is 16.2 Å². The van der Waals surface area contributed by atoms with Gasteiger partial charge in [0.2, 0.25) is 27.7 Å². The summed E-state index contributed by atoms with van der Waals surface area (Å²) < 4.78 is 71.7. The SMILES string of the molecule is C=C[C@@H]1C[C@]1(CC(=O)[C@@H]1C[C@@H]2CN1C(=O)[C@H](C1CCCCC1)CC(=O)O[C@@H]1C[C@H]1CCCCCc1c(nc3ccccc3c1OCCN1CCS(=O)(=O)CC1)O2)C(=O)NS(=O)(=O)C1(C)CC1. The van der Waals surface area contributed by atoms with E-state index in [9.17, 15) is 31.2 Å². The van der Waals surface area contributed by atoms with E-state index in [-0.39, 0.29) is 73.4 Å². The van der Waals surface area contributed by atoms with Crippen LogP contribution in [0.5, 0.6) is 11.6 Å². The minimum Gasteiger partial charge on any atom is -0.491 e. The molecule has 360 valence electrons. The topological polar surface area (TPSA) is 196 Å². The van der Waals surface area contributed by atoms with Crippen molar-refractivity contribution in [3.8, 4) is 11.6 Å². The molecule has 7 aliphatic rings. The highest BCUT2D eigenvalue weighted by Crippen LogP contribution is 2.57. The molecule has 1 aromatic carbocycles. The van der Waals surface area contributed by atoms with Crippen LogP contribution in [-0.2, 0) is 50.2 Å². The first kappa shape index (κ1) is 47.0. The molecule has 9 rings (SSSR count). The van der Waals surface area contributed by atoms with E-state index in [1.54, 1.807) is 17.9 Å². The van der Waals surface area contributed by atoms with Gasteiger partial charge in [-0.3, -0.25) is 28.8 Å². The number of pyridine rings is 1. The molecular weight excluding hydrogens is 885 g/mol. The van der Waals surface area contributed by atoms with Crippen LogP contribution in [0.1, 0.15) is 115 Å². The summed E-state index contributed by atoms with van der Waals surface area (Å²) in [5.74, 6) is -1.48. The maximum Gasteiger partial charge on any atom is 0.306 e. The zero-order valence-electron chi connectivity index (χ0n) is 38.3. The minimum absolute atomic E-state index is 0.0387. The summed E-state index contributed by atoms with van der Waals surface area (Å²) in [7, 11) is -7.02. The lowest BCUT2D eigenvalue weighted by Crippen LogP contribution is -2.48. The third-order valence-electron chi connectivity index (χ3n) is 15.9. The van der Waals surface area contributed by atoms with Gasteiger partial charge in [-0.25, -0.2) is 21.8 Å². The van der Waals surface area contributed by atoms with Gasteiger partial charge in [-0.2, -0.15) is 0 Å². The Balaban J connectivity index is 1.04. The summed E-state index contributed by atoms with van der Waals surface area (Å²) >= 11 is 0. The number of allylic oxidation sites excluding steroid dienone is 1. The van der Waals surface area contributed by atoms with Crippen molar-refractivity contribution in [2.45, 2.75) is 139 Å². The number of ketones is 1. The summed E-state index contributed by atoms with van der Waals surface area (Å²) in [5.41, 5.74) is 0.112.